The van der Waals surface area contributed by atoms with Gasteiger partial charge in [0.1, 0.15) is 0 Å². The Morgan fingerprint density at radius 1 is 0.867 bits per heavy atom. The van der Waals surface area contributed by atoms with Crippen LogP contribution in [-0.2, 0) is 9.53 Å². The van der Waals surface area contributed by atoms with Crippen molar-refractivity contribution in [3.8, 4) is 0 Å². The van der Waals surface area contributed by atoms with Crippen LogP contribution in [0, 0.1) is 13.8 Å². The molecule has 0 aliphatic heterocycles. The van der Waals surface area contributed by atoms with E-state index in [4.69, 9.17) is 4.74 Å². The van der Waals surface area contributed by atoms with Crippen molar-refractivity contribution in [2.75, 3.05) is 11.9 Å². The van der Waals surface area contributed by atoms with Crippen LogP contribution in [0.1, 0.15) is 40.0 Å². The normalized spacial score (nSPS) is 11.4. The number of rotatable bonds is 7. The first kappa shape index (κ1) is 21.1. The minimum atomic E-state index is -0.550. The summed E-state index contributed by atoms with van der Waals surface area (Å²) >= 11 is 0. The number of carbonyl (C=O) groups excluding carboxylic acids is 2. The van der Waals surface area contributed by atoms with E-state index < -0.39 is 5.97 Å². The third-order valence-electron chi connectivity index (χ3n) is 5.03. The van der Waals surface area contributed by atoms with Crippen molar-refractivity contribution >= 4 is 23.3 Å². The summed E-state index contributed by atoms with van der Waals surface area (Å²) in [5.41, 5.74) is 5.18. The Hall–Kier alpha value is -3.60. The monoisotopic (exact) mass is 402 g/mol. The average molecular weight is 402 g/mol. The molecular weight excluding hydrogens is 376 g/mol. The minimum absolute atomic E-state index is 0.171. The fraction of sp³-hybridized carbons (Fsp3) is 0.200. The first-order valence-corrected chi connectivity index (χ1v) is 9.89. The van der Waals surface area contributed by atoms with Crippen LogP contribution in [0.15, 0.2) is 72.8 Å². The molecule has 5 heteroatoms. The number of benzene rings is 3. The first-order valence-electron chi connectivity index (χ1n) is 9.89. The number of para-hydroxylation sites is 1. The molecule has 0 heterocycles. The van der Waals surface area contributed by atoms with Gasteiger partial charge in [0, 0.05) is 5.69 Å². The average Bonchev–Trinajstić information content (AvgIpc) is 2.76. The van der Waals surface area contributed by atoms with Gasteiger partial charge in [0.05, 0.1) is 17.3 Å². The van der Waals surface area contributed by atoms with Crippen LogP contribution < -0.4 is 10.6 Å². The SMILES string of the molecule is Cc1cccc(Nc2ccccc2C(=O)OCC(=O)N[C@@H](C)c2ccccc2)c1C. The Balaban J connectivity index is 1.63. The predicted molar refractivity (Wildman–Crippen MR) is 119 cm³/mol. The maximum atomic E-state index is 12.6. The first-order chi connectivity index (χ1) is 14.5. The van der Waals surface area contributed by atoms with E-state index in [9.17, 15) is 9.59 Å². The summed E-state index contributed by atoms with van der Waals surface area (Å²) in [6.45, 7) is 5.61. The van der Waals surface area contributed by atoms with Crippen LogP contribution in [0.2, 0.25) is 0 Å². The van der Waals surface area contributed by atoms with Crippen LogP contribution >= 0.6 is 0 Å². The Morgan fingerprint density at radius 2 is 1.53 bits per heavy atom. The molecule has 154 valence electrons. The summed E-state index contributed by atoms with van der Waals surface area (Å²) in [5, 5.41) is 6.14. The predicted octanol–water partition coefficient (Wildman–Crippen LogP) is 5.08. The molecule has 0 aromatic heterocycles. The van der Waals surface area contributed by atoms with Crippen LogP contribution in [0.3, 0.4) is 0 Å². The molecule has 0 saturated carbocycles. The molecule has 0 radical (unpaired) electrons. The van der Waals surface area contributed by atoms with E-state index in [2.05, 4.69) is 10.6 Å². The van der Waals surface area contributed by atoms with Crippen LogP contribution in [0.4, 0.5) is 11.4 Å². The van der Waals surface area contributed by atoms with Gasteiger partial charge in [-0.2, -0.15) is 0 Å². The van der Waals surface area contributed by atoms with Crippen molar-refractivity contribution in [1.82, 2.24) is 5.32 Å². The van der Waals surface area contributed by atoms with Gasteiger partial charge in [-0.15, -0.1) is 0 Å². The highest BCUT2D eigenvalue weighted by atomic mass is 16.5. The van der Waals surface area contributed by atoms with Gasteiger partial charge in [0.15, 0.2) is 6.61 Å². The van der Waals surface area contributed by atoms with E-state index in [1.54, 1.807) is 12.1 Å². The van der Waals surface area contributed by atoms with Gasteiger partial charge in [-0.25, -0.2) is 4.79 Å². The smallest absolute Gasteiger partial charge is 0.340 e. The van der Waals surface area contributed by atoms with Gasteiger partial charge in [-0.3, -0.25) is 4.79 Å². The van der Waals surface area contributed by atoms with Crippen LogP contribution in [0.5, 0.6) is 0 Å². The maximum Gasteiger partial charge on any atom is 0.340 e. The summed E-state index contributed by atoms with van der Waals surface area (Å²) in [6, 6.07) is 22.5. The van der Waals surface area contributed by atoms with Gasteiger partial charge in [0.2, 0.25) is 0 Å². The number of hydrogen-bond donors (Lipinski definition) is 2. The Morgan fingerprint density at radius 3 is 2.30 bits per heavy atom. The topological polar surface area (TPSA) is 67.4 Å². The fourth-order valence-corrected chi connectivity index (χ4v) is 3.12. The molecule has 3 rings (SSSR count). The molecule has 1 atom stereocenters. The van der Waals surface area contributed by atoms with Crippen LogP contribution in [0.25, 0.3) is 0 Å². The van der Waals surface area contributed by atoms with E-state index in [1.165, 1.54) is 0 Å². The molecule has 2 N–H and O–H groups in total. The van der Waals surface area contributed by atoms with E-state index in [1.807, 2.05) is 81.4 Å². The number of nitrogens with one attached hydrogen (secondary N) is 2. The third-order valence-corrected chi connectivity index (χ3v) is 5.03. The molecular formula is C25H26N2O3. The minimum Gasteiger partial charge on any atom is -0.452 e. The van der Waals surface area contributed by atoms with Crippen molar-refractivity contribution < 1.29 is 14.3 Å². The lowest BCUT2D eigenvalue weighted by molar-refractivity contribution is -0.124. The standard InChI is InChI=1S/C25H26N2O3/c1-17-10-9-15-22(18(17)2)27-23-14-8-7-13-21(23)25(29)30-16-24(28)26-19(3)20-11-5-4-6-12-20/h4-15,19,27H,16H2,1-3H3,(H,26,28)/t19-/m0/s1. The lowest BCUT2D eigenvalue weighted by atomic mass is 10.1. The summed E-state index contributed by atoms with van der Waals surface area (Å²) in [4.78, 5) is 24.8. The maximum absolute atomic E-state index is 12.6. The van der Waals surface area contributed by atoms with Gasteiger partial charge in [0.25, 0.3) is 5.91 Å². The quantitative estimate of drug-likeness (QED) is 0.541. The van der Waals surface area contributed by atoms with Crippen LogP contribution in [-0.4, -0.2) is 18.5 Å². The number of esters is 1. The van der Waals surface area contributed by atoms with E-state index in [-0.39, 0.29) is 18.6 Å². The molecule has 1 amide bonds. The zero-order valence-corrected chi connectivity index (χ0v) is 17.4. The lowest BCUT2D eigenvalue weighted by Gasteiger charge is -2.16. The summed E-state index contributed by atoms with van der Waals surface area (Å²) in [7, 11) is 0. The third kappa shape index (κ3) is 5.26. The molecule has 0 aliphatic carbocycles. The fourth-order valence-electron chi connectivity index (χ4n) is 3.12. The molecule has 0 fully saturated rings. The molecule has 0 unspecified atom stereocenters. The van der Waals surface area contributed by atoms with E-state index in [0.29, 0.717) is 11.3 Å². The molecule has 5 nitrogen and oxygen atoms in total. The molecule has 0 saturated heterocycles. The summed E-state index contributed by atoms with van der Waals surface area (Å²) < 4.78 is 5.27. The molecule has 0 spiro atoms. The highest BCUT2D eigenvalue weighted by Crippen LogP contribution is 2.25. The number of amides is 1. The summed E-state index contributed by atoms with van der Waals surface area (Å²) in [5.74, 6) is -0.898. The molecule has 30 heavy (non-hydrogen) atoms. The van der Waals surface area contributed by atoms with E-state index >= 15 is 0 Å². The molecule has 3 aromatic carbocycles. The molecule has 3 aromatic rings. The number of anilines is 2. The Bertz CT molecular complexity index is 1030. The number of hydrogen-bond acceptors (Lipinski definition) is 4. The van der Waals surface area contributed by atoms with Crippen molar-refractivity contribution in [3.63, 3.8) is 0 Å². The van der Waals surface area contributed by atoms with Crippen molar-refractivity contribution in [2.45, 2.75) is 26.8 Å². The van der Waals surface area contributed by atoms with E-state index in [0.717, 1.165) is 22.4 Å². The van der Waals surface area contributed by atoms with Gasteiger partial charge in [-0.05, 0) is 55.7 Å². The second-order valence-corrected chi connectivity index (χ2v) is 7.19. The van der Waals surface area contributed by atoms with Gasteiger partial charge >= 0.3 is 5.97 Å². The lowest BCUT2D eigenvalue weighted by Crippen LogP contribution is -2.31. The second kappa shape index (κ2) is 9.74. The largest absolute Gasteiger partial charge is 0.452 e. The van der Waals surface area contributed by atoms with Gasteiger partial charge in [-0.1, -0.05) is 54.6 Å². The van der Waals surface area contributed by atoms with Gasteiger partial charge < -0.3 is 15.4 Å². The molecule has 0 bridgehead atoms. The number of carbonyl (C=O) groups is 2. The highest BCUT2D eigenvalue weighted by molar-refractivity contribution is 5.97. The Labute approximate surface area is 177 Å². The van der Waals surface area contributed by atoms with Crippen molar-refractivity contribution in [2.24, 2.45) is 0 Å². The highest BCUT2D eigenvalue weighted by Gasteiger charge is 2.16. The molecule has 0 aliphatic rings. The van der Waals surface area contributed by atoms with Crippen molar-refractivity contribution in [1.29, 1.82) is 0 Å². The number of ether oxygens (including phenoxy) is 1. The Kier molecular flexibility index (Phi) is 6.86. The second-order valence-electron chi connectivity index (χ2n) is 7.19. The zero-order valence-electron chi connectivity index (χ0n) is 17.4. The zero-order chi connectivity index (χ0) is 21.5. The summed E-state index contributed by atoms with van der Waals surface area (Å²) in [6.07, 6.45) is 0. The number of aryl methyl sites for hydroxylation is 1. The van der Waals surface area contributed by atoms with Crippen molar-refractivity contribution in [3.05, 3.63) is 95.1 Å².